The highest BCUT2D eigenvalue weighted by molar-refractivity contribution is 5.93. The molecule has 0 fully saturated rings. The first-order chi connectivity index (χ1) is 12.5. The molecule has 0 saturated heterocycles. The van der Waals surface area contributed by atoms with Gasteiger partial charge in [0.2, 0.25) is 12.8 Å². The maximum atomic E-state index is 13.3. The number of benzene rings is 2. The summed E-state index contributed by atoms with van der Waals surface area (Å²) in [6, 6.07) is 9.05. The number of rotatable bonds is 4. The highest BCUT2D eigenvalue weighted by atomic mass is 19.2. The molecule has 0 bridgehead atoms. The fourth-order valence-electron chi connectivity index (χ4n) is 2.29. The van der Waals surface area contributed by atoms with Gasteiger partial charge in [0, 0.05) is 6.54 Å². The average molecular weight is 361 g/mol. The van der Waals surface area contributed by atoms with Gasteiger partial charge >= 0.3 is 0 Å². The Morgan fingerprint density at radius 2 is 1.77 bits per heavy atom. The van der Waals surface area contributed by atoms with Crippen LogP contribution in [0.3, 0.4) is 0 Å². The molecule has 7 nitrogen and oxygen atoms in total. The van der Waals surface area contributed by atoms with E-state index >= 15 is 0 Å². The zero-order valence-corrected chi connectivity index (χ0v) is 13.7. The molecule has 136 valence electrons. The van der Waals surface area contributed by atoms with Crippen molar-refractivity contribution >= 4 is 11.9 Å². The van der Waals surface area contributed by atoms with E-state index in [1.54, 1.807) is 6.07 Å². The van der Waals surface area contributed by atoms with Gasteiger partial charge in [0.1, 0.15) is 0 Å². The Morgan fingerprint density at radius 1 is 1.00 bits per heavy atom. The molecule has 0 spiro atoms. The average Bonchev–Trinajstić information content (AvgIpc) is 3.07. The maximum absolute atomic E-state index is 13.3. The van der Waals surface area contributed by atoms with Crippen molar-refractivity contribution in [1.29, 1.82) is 0 Å². The van der Waals surface area contributed by atoms with Crippen LogP contribution in [0.5, 0.6) is 11.5 Å². The Kier molecular flexibility index (Phi) is 5.16. The van der Waals surface area contributed by atoms with E-state index in [4.69, 9.17) is 20.9 Å². The van der Waals surface area contributed by atoms with Gasteiger partial charge in [0.25, 0.3) is 0 Å². The summed E-state index contributed by atoms with van der Waals surface area (Å²) in [5.74, 6) is -0.506. The molecule has 2 aromatic carbocycles. The zero-order valence-electron chi connectivity index (χ0n) is 13.7. The zero-order chi connectivity index (χ0) is 18.5. The molecular weight excluding hydrogens is 344 g/mol. The van der Waals surface area contributed by atoms with E-state index in [1.807, 2.05) is 12.1 Å². The lowest BCUT2D eigenvalue weighted by Crippen LogP contribution is -2.29. The second-order valence-corrected chi connectivity index (χ2v) is 5.47. The number of nitrogens with two attached hydrogens (primary N) is 2. The van der Waals surface area contributed by atoms with Gasteiger partial charge in [-0.2, -0.15) is 4.99 Å². The van der Waals surface area contributed by atoms with E-state index in [2.05, 4.69) is 15.3 Å². The fourth-order valence-corrected chi connectivity index (χ4v) is 2.29. The van der Waals surface area contributed by atoms with Crippen molar-refractivity contribution < 1.29 is 18.3 Å². The van der Waals surface area contributed by atoms with Crippen molar-refractivity contribution in [2.75, 3.05) is 6.79 Å². The molecule has 0 unspecified atom stereocenters. The third-order valence-electron chi connectivity index (χ3n) is 3.52. The van der Waals surface area contributed by atoms with E-state index in [0.29, 0.717) is 23.6 Å². The standard InChI is InChI=1S/C17H17F2N5O2/c18-12-3-1-10(5-13(12)19)7-22-17(24-16(20)21)23-8-11-2-4-14-15(6-11)26-9-25-14/h1-6H,7-9H2,(H5,20,21,22,23,24). The van der Waals surface area contributed by atoms with Crippen LogP contribution in [-0.2, 0) is 13.1 Å². The number of ether oxygens (including phenoxy) is 2. The molecular formula is C17H17F2N5O2. The molecule has 0 aliphatic carbocycles. The van der Waals surface area contributed by atoms with Gasteiger partial charge in [-0.1, -0.05) is 12.1 Å². The third-order valence-corrected chi connectivity index (χ3v) is 3.52. The second-order valence-electron chi connectivity index (χ2n) is 5.47. The first-order valence-corrected chi connectivity index (χ1v) is 7.71. The summed E-state index contributed by atoms with van der Waals surface area (Å²) in [6.45, 7) is 0.655. The summed E-state index contributed by atoms with van der Waals surface area (Å²) in [7, 11) is 0. The molecule has 0 saturated carbocycles. The molecule has 1 aliphatic heterocycles. The molecule has 0 radical (unpaired) electrons. The van der Waals surface area contributed by atoms with Gasteiger partial charge in [0.15, 0.2) is 29.1 Å². The van der Waals surface area contributed by atoms with Gasteiger partial charge < -0.3 is 26.3 Å². The highest BCUT2D eigenvalue weighted by Gasteiger charge is 2.13. The summed E-state index contributed by atoms with van der Waals surface area (Å²) in [4.78, 5) is 8.11. The first kappa shape index (κ1) is 17.5. The van der Waals surface area contributed by atoms with E-state index < -0.39 is 11.6 Å². The quantitative estimate of drug-likeness (QED) is 0.567. The van der Waals surface area contributed by atoms with Crippen LogP contribution in [0.15, 0.2) is 46.4 Å². The Balaban J connectivity index is 1.69. The SMILES string of the molecule is NC(N)=NC(=NCc1ccc(F)c(F)c1)NCc1ccc2c(c1)OCO2. The van der Waals surface area contributed by atoms with Crippen molar-refractivity contribution in [3.05, 3.63) is 59.2 Å². The Bertz CT molecular complexity index is 866. The van der Waals surface area contributed by atoms with Crippen LogP contribution < -0.4 is 26.3 Å². The van der Waals surface area contributed by atoms with E-state index in [-0.39, 0.29) is 25.3 Å². The van der Waals surface area contributed by atoms with E-state index in [0.717, 1.165) is 17.7 Å². The van der Waals surface area contributed by atoms with Crippen molar-refractivity contribution in [1.82, 2.24) is 5.32 Å². The molecule has 5 N–H and O–H groups in total. The van der Waals surface area contributed by atoms with Gasteiger partial charge in [-0.05, 0) is 35.4 Å². The number of guanidine groups is 2. The van der Waals surface area contributed by atoms with Crippen molar-refractivity contribution in [2.45, 2.75) is 13.1 Å². The number of nitrogens with one attached hydrogen (secondary N) is 1. The lowest BCUT2D eigenvalue weighted by molar-refractivity contribution is 0.174. The summed E-state index contributed by atoms with van der Waals surface area (Å²) in [5.41, 5.74) is 12.2. The molecule has 0 aromatic heterocycles. The summed E-state index contributed by atoms with van der Waals surface area (Å²) >= 11 is 0. The van der Waals surface area contributed by atoms with Gasteiger partial charge in [-0.3, -0.25) is 0 Å². The second kappa shape index (κ2) is 7.68. The van der Waals surface area contributed by atoms with Crippen LogP contribution in [0.1, 0.15) is 11.1 Å². The molecule has 9 heteroatoms. The van der Waals surface area contributed by atoms with E-state index in [1.165, 1.54) is 6.07 Å². The molecule has 26 heavy (non-hydrogen) atoms. The van der Waals surface area contributed by atoms with Gasteiger partial charge in [-0.25, -0.2) is 13.8 Å². The topological polar surface area (TPSA) is 107 Å². The summed E-state index contributed by atoms with van der Waals surface area (Å²) < 4.78 is 36.8. The lowest BCUT2D eigenvalue weighted by Gasteiger charge is -2.08. The number of halogens is 2. The Morgan fingerprint density at radius 3 is 2.54 bits per heavy atom. The van der Waals surface area contributed by atoms with Crippen LogP contribution in [-0.4, -0.2) is 18.7 Å². The molecule has 1 heterocycles. The van der Waals surface area contributed by atoms with Gasteiger partial charge in [-0.15, -0.1) is 0 Å². The first-order valence-electron chi connectivity index (χ1n) is 7.71. The predicted octanol–water partition coefficient (Wildman–Crippen LogP) is 1.61. The fraction of sp³-hybridized carbons (Fsp3) is 0.176. The third kappa shape index (κ3) is 4.38. The summed E-state index contributed by atoms with van der Waals surface area (Å²) in [6.07, 6.45) is 0. The minimum absolute atomic E-state index is 0.0808. The number of hydrogen-bond acceptors (Lipinski definition) is 3. The molecule has 3 rings (SSSR count). The predicted molar refractivity (Wildman–Crippen MR) is 92.7 cm³/mol. The van der Waals surface area contributed by atoms with Crippen molar-refractivity contribution in [3.8, 4) is 11.5 Å². The summed E-state index contributed by atoms with van der Waals surface area (Å²) in [5, 5.41) is 2.99. The van der Waals surface area contributed by atoms with Crippen LogP contribution in [0.2, 0.25) is 0 Å². The van der Waals surface area contributed by atoms with Crippen molar-refractivity contribution in [3.63, 3.8) is 0 Å². The van der Waals surface area contributed by atoms with Crippen LogP contribution in [0.25, 0.3) is 0 Å². The number of hydrogen-bond donors (Lipinski definition) is 3. The Labute approximate surface area is 148 Å². The van der Waals surface area contributed by atoms with Crippen LogP contribution >= 0.6 is 0 Å². The monoisotopic (exact) mass is 361 g/mol. The largest absolute Gasteiger partial charge is 0.454 e. The molecule has 1 aliphatic rings. The number of nitrogens with zero attached hydrogens (tertiary/aromatic N) is 2. The molecule has 2 aromatic rings. The molecule has 0 atom stereocenters. The lowest BCUT2D eigenvalue weighted by atomic mass is 10.2. The van der Waals surface area contributed by atoms with Gasteiger partial charge in [0.05, 0.1) is 6.54 Å². The highest BCUT2D eigenvalue weighted by Crippen LogP contribution is 2.32. The molecule has 0 amide bonds. The number of aliphatic imine (C=N–C) groups is 2. The van der Waals surface area contributed by atoms with E-state index in [9.17, 15) is 8.78 Å². The normalized spacial score (nSPS) is 12.8. The minimum Gasteiger partial charge on any atom is -0.454 e. The van der Waals surface area contributed by atoms with Crippen LogP contribution in [0, 0.1) is 11.6 Å². The smallest absolute Gasteiger partial charge is 0.231 e. The maximum Gasteiger partial charge on any atom is 0.231 e. The van der Waals surface area contributed by atoms with Crippen LogP contribution in [0.4, 0.5) is 8.78 Å². The number of fused-ring (bicyclic) bond motifs is 1. The Hall–Kier alpha value is -3.36. The minimum atomic E-state index is -0.936. The van der Waals surface area contributed by atoms with Crippen molar-refractivity contribution in [2.24, 2.45) is 21.5 Å².